The van der Waals surface area contributed by atoms with Crippen molar-refractivity contribution in [3.8, 4) is 5.75 Å². The molecule has 1 fully saturated rings. The highest BCUT2D eigenvalue weighted by atomic mass is 16.5. The number of methoxy groups -OCH3 is 1. The quantitative estimate of drug-likeness (QED) is 0.766. The van der Waals surface area contributed by atoms with E-state index in [1.165, 1.54) is 12.0 Å². The van der Waals surface area contributed by atoms with Crippen LogP contribution in [-0.2, 0) is 14.3 Å². The molecule has 1 aromatic carbocycles. The Hall–Kier alpha value is -2.61. The van der Waals surface area contributed by atoms with Gasteiger partial charge in [0.2, 0.25) is 0 Å². The molecule has 0 radical (unpaired) electrons. The predicted octanol–water partition coefficient (Wildman–Crippen LogP) is 0.797. The number of hydrogen-bond acceptors (Lipinski definition) is 6. The molecule has 27 heavy (non-hydrogen) atoms. The van der Waals surface area contributed by atoms with Gasteiger partial charge in [0.1, 0.15) is 5.75 Å². The fraction of sp³-hybridized carbons (Fsp3) is 0.526. The molecule has 146 valence electrons. The molecule has 0 unspecified atom stereocenters. The Morgan fingerprint density at radius 3 is 2.74 bits per heavy atom. The number of nitrogens with zero attached hydrogens (tertiary/aromatic N) is 2. The molecule has 0 spiro atoms. The molecular formula is C19H25N3O5. The van der Waals surface area contributed by atoms with Crippen molar-refractivity contribution in [2.24, 2.45) is 0 Å². The molecule has 3 rings (SSSR count). The van der Waals surface area contributed by atoms with E-state index in [4.69, 9.17) is 9.47 Å². The molecule has 1 aromatic rings. The standard InChI is InChI=1S/C19H25N3O5/c1-21-13(9-18(24)26-3)5-6-14(21)10-20-19(25)12-4-7-16-15(8-12)22(2)17(23)11-27-16/h4,7-8,13-14H,5-6,9-11H2,1-3H3,(H,20,25)/t13-,14+/m1/s1. The monoisotopic (exact) mass is 375 g/mol. The van der Waals surface area contributed by atoms with E-state index in [0.29, 0.717) is 30.0 Å². The van der Waals surface area contributed by atoms with E-state index in [9.17, 15) is 14.4 Å². The lowest BCUT2D eigenvalue weighted by atomic mass is 10.1. The SMILES string of the molecule is COC(=O)C[C@H]1CC[C@@H](CNC(=O)c2ccc3c(c2)N(C)C(=O)CO3)N1C. The van der Waals surface area contributed by atoms with Crippen LogP contribution in [0.15, 0.2) is 18.2 Å². The van der Waals surface area contributed by atoms with Crippen LogP contribution in [0.3, 0.4) is 0 Å². The second-order valence-corrected chi connectivity index (χ2v) is 6.96. The molecule has 2 heterocycles. The van der Waals surface area contributed by atoms with Crippen LogP contribution in [0, 0.1) is 0 Å². The van der Waals surface area contributed by atoms with Crippen molar-refractivity contribution in [3.63, 3.8) is 0 Å². The van der Waals surface area contributed by atoms with Crippen LogP contribution in [0.2, 0.25) is 0 Å². The fourth-order valence-corrected chi connectivity index (χ4v) is 3.58. The Bertz CT molecular complexity index is 751. The topological polar surface area (TPSA) is 88.2 Å². The molecule has 8 nitrogen and oxygen atoms in total. The van der Waals surface area contributed by atoms with Gasteiger partial charge in [0.25, 0.3) is 11.8 Å². The number of esters is 1. The number of nitrogens with one attached hydrogen (secondary N) is 1. The minimum atomic E-state index is -0.216. The van der Waals surface area contributed by atoms with Gasteiger partial charge in [-0.1, -0.05) is 0 Å². The number of hydrogen-bond donors (Lipinski definition) is 1. The zero-order chi connectivity index (χ0) is 19.6. The summed E-state index contributed by atoms with van der Waals surface area (Å²) >= 11 is 0. The zero-order valence-corrected chi connectivity index (χ0v) is 15.9. The number of likely N-dealkylation sites (tertiary alicyclic amines) is 1. The fourth-order valence-electron chi connectivity index (χ4n) is 3.58. The number of fused-ring (bicyclic) bond motifs is 1. The van der Waals surface area contributed by atoms with Crippen LogP contribution in [0.25, 0.3) is 0 Å². The average Bonchev–Trinajstić information content (AvgIpc) is 3.02. The summed E-state index contributed by atoms with van der Waals surface area (Å²) in [4.78, 5) is 39.4. The Balaban J connectivity index is 1.59. The molecule has 0 aromatic heterocycles. The van der Waals surface area contributed by atoms with Crippen LogP contribution >= 0.6 is 0 Å². The third kappa shape index (κ3) is 4.05. The Morgan fingerprint density at radius 2 is 2.00 bits per heavy atom. The molecule has 1 N–H and O–H groups in total. The number of likely N-dealkylation sites (N-methyl/N-ethyl adjacent to an activating group) is 2. The zero-order valence-electron chi connectivity index (χ0n) is 15.9. The molecule has 2 amide bonds. The Labute approximate surface area is 158 Å². The van der Waals surface area contributed by atoms with Gasteiger partial charge in [-0.25, -0.2) is 0 Å². The third-order valence-corrected chi connectivity index (χ3v) is 5.42. The number of carbonyl (C=O) groups is 3. The van der Waals surface area contributed by atoms with Crippen molar-refractivity contribution >= 4 is 23.5 Å². The third-order valence-electron chi connectivity index (χ3n) is 5.42. The normalized spacial score (nSPS) is 22.2. The Morgan fingerprint density at radius 1 is 1.26 bits per heavy atom. The first-order valence-corrected chi connectivity index (χ1v) is 9.01. The minimum absolute atomic E-state index is 0.00972. The maximum atomic E-state index is 12.5. The summed E-state index contributed by atoms with van der Waals surface area (Å²) in [5.41, 5.74) is 1.07. The largest absolute Gasteiger partial charge is 0.482 e. The van der Waals surface area contributed by atoms with Gasteiger partial charge in [-0.2, -0.15) is 0 Å². The first-order chi connectivity index (χ1) is 12.9. The molecule has 0 aliphatic carbocycles. The number of carbonyl (C=O) groups excluding carboxylic acids is 3. The maximum Gasteiger partial charge on any atom is 0.307 e. The first kappa shape index (κ1) is 19.2. The molecule has 2 aliphatic rings. The van der Waals surface area contributed by atoms with E-state index >= 15 is 0 Å². The highest BCUT2D eigenvalue weighted by Crippen LogP contribution is 2.32. The number of benzene rings is 1. The van der Waals surface area contributed by atoms with E-state index in [0.717, 1.165) is 12.8 Å². The van der Waals surface area contributed by atoms with Gasteiger partial charge >= 0.3 is 5.97 Å². The molecule has 0 saturated carbocycles. The van der Waals surface area contributed by atoms with Crippen molar-refractivity contribution < 1.29 is 23.9 Å². The highest BCUT2D eigenvalue weighted by molar-refractivity contribution is 6.00. The van der Waals surface area contributed by atoms with Gasteiger partial charge in [-0.05, 0) is 38.1 Å². The van der Waals surface area contributed by atoms with Gasteiger partial charge in [0, 0.05) is 31.2 Å². The molecule has 2 atom stereocenters. The lowest BCUT2D eigenvalue weighted by molar-refractivity contribution is -0.141. The van der Waals surface area contributed by atoms with E-state index in [2.05, 4.69) is 10.2 Å². The van der Waals surface area contributed by atoms with Crippen LogP contribution in [0.1, 0.15) is 29.6 Å². The van der Waals surface area contributed by atoms with E-state index in [1.807, 2.05) is 7.05 Å². The number of amides is 2. The minimum Gasteiger partial charge on any atom is -0.482 e. The van der Waals surface area contributed by atoms with Crippen molar-refractivity contribution in [2.45, 2.75) is 31.3 Å². The average molecular weight is 375 g/mol. The van der Waals surface area contributed by atoms with Crippen molar-refractivity contribution in [3.05, 3.63) is 23.8 Å². The van der Waals surface area contributed by atoms with Gasteiger partial charge in [0.15, 0.2) is 6.61 Å². The Kier molecular flexibility index (Phi) is 5.65. The van der Waals surface area contributed by atoms with Gasteiger partial charge in [-0.15, -0.1) is 0 Å². The van der Waals surface area contributed by atoms with Crippen molar-refractivity contribution in [1.29, 1.82) is 0 Å². The number of rotatable bonds is 5. The highest BCUT2D eigenvalue weighted by Gasteiger charge is 2.32. The lowest BCUT2D eigenvalue weighted by Crippen LogP contribution is -2.41. The number of anilines is 1. The summed E-state index contributed by atoms with van der Waals surface area (Å²) in [6.45, 7) is 0.505. The maximum absolute atomic E-state index is 12.5. The van der Waals surface area contributed by atoms with Gasteiger partial charge in [0.05, 0.1) is 19.2 Å². The summed E-state index contributed by atoms with van der Waals surface area (Å²) in [6, 6.07) is 5.38. The van der Waals surface area contributed by atoms with Crippen LogP contribution < -0.4 is 15.0 Å². The van der Waals surface area contributed by atoms with Crippen LogP contribution in [0.4, 0.5) is 5.69 Å². The van der Waals surface area contributed by atoms with Gasteiger partial charge < -0.3 is 19.7 Å². The second-order valence-electron chi connectivity index (χ2n) is 6.96. The predicted molar refractivity (Wildman–Crippen MR) is 98.9 cm³/mol. The van der Waals surface area contributed by atoms with E-state index in [1.54, 1.807) is 25.2 Å². The van der Waals surface area contributed by atoms with Gasteiger partial charge in [-0.3, -0.25) is 19.3 Å². The smallest absolute Gasteiger partial charge is 0.307 e. The summed E-state index contributed by atoms with van der Waals surface area (Å²) < 4.78 is 10.1. The van der Waals surface area contributed by atoms with E-state index < -0.39 is 0 Å². The second kappa shape index (κ2) is 7.96. The number of ether oxygens (including phenoxy) is 2. The molecule has 2 aliphatic heterocycles. The summed E-state index contributed by atoms with van der Waals surface area (Å²) in [6.07, 6.45) is 2.17. The summed E-state index contributed by atoms with van der Waals surface area (Å²) in [5, 5.41) is 2.95. The van der Waals surface area contributed by atoms with Crippen LogP contribution in [-0.4, -0.2) is 69.1 Å². The van der Waals surface area contributed by atoms with Crippen molar-refractivity contribution in [2.75, 3.05) is 39.3 Å². The summed E-state index contributed by atoms with van der Waals surface area (Å²) in [5.74, 6) is 0.0274. The molecular weight excluding hydrogens is 350 g/mol. The van der Waals surface area contributed by atoms with E-state index in [-0.39, 0.29) is 36.5 Å². The molecule has 1 saturated heterocycles. The molecule has 8 heteroatoms. The first-order valence-electron chi connectivity index (χ1n) is 9.01. The van der Waals surface area contributed by atoms with Crippen molar-refractivity contribution in [1.82, 2.24) is 10.2 Å². The van der Waals surface area contributed by atoms with Crippen LogP contribution in [0.5, 0.6) is 5.75 Å². The molecule has 0 bridgehead atoms. The summed E-state index contributed by atoms with van der Waals surface area (Å²) in [7, 11) is 5.03. The lowest BCUT2D eigenvalue weighted by Gasteiger charge is -2.27.